The first-order valence-electron chi connectivity index (χ1n) is 14.7. The molecule has 0 aliphatic rings. The van der Waals surface area contributed by atoms with Gasteiger partial charge in [-0.25, -0.2) is 4.57 Å². The Hall–Kier alpha value is -1.28. The Labute approximate surface area is 230 Å². The number of phosphoric acid groups is 1. The van der Waals surface area contributed by atoms with E-state index in [0.29, 0.717) is 19.1 Å². The number of carbonyl (C=O) groups excluding carboxylic acids is 3. The van der Waals surface area contributed by atoms with Crippen molar-refractivity contribution in [1.82, 2.24) is 0 Å². The molecule has 9 nitrogen and oxygen atoms in total. The second kappa shape index (κ2) is 26.0. The van der Waals surface area contributed by atoms with Gasteiger partial charge in [0.05, 0.1) is 13.2 Å². The first-order valence-corrected chi connectivity index (χ1v) is 16.2. The molecule has 2 atom stereocenters. The van der Waals surface area contributed by atoms with Crippen LogP contribution in [0, 0.1) is 0 Å². The van der Waals surface area contributed by atoms with Crippen LogP contribution in [0.25, 0.3) is 0 Å². The minimum Gasteiger partial charge on any atom is -0.462 e. The number of ether oxygens (including phenoxy) is 2. The van der Waals surface area contributed by atoms with Gasteiger partial charge in [0, 0.05) is 19.3 Å². The molecule has 224 valence electrons. The fourth-order valence-electron chi connectivity index (χ4n) is 3.83. The molecule has 0 saturated carbocycles. The molecule has 0 heterocycles. The molecule has 0 fully saturated rings. The zero-order valence-corrected chi connectivity index (χ0v) is 24.8. The molecule has 0 aromatic heterocycles. The molecule has 0 aliphatic carbocycles. The highest BCUT2D eigenvalue weighted by Crippen LogP contribution is 2.43. The summed E-state index contributed by atoms with van der Waals surface area (Å²) < 4.78 is 32.0. The summed E-state index contributed by atoms with van der Waals surface area (Å²) in [7, 11) is -4.30. The standard InChI is InChI=1S/C28H53O9P/c1-3-5-6-7-8-9-10-11-12-13-14-15-16-17-20-27(30)34-24-26(37-28(31)21-18-19-22-29)25-36-38(32,33)35-23-4-2/h22,26H,3-21,23-25H2,1-2H3,(H,32,33). The lowest BCUT2D eigenvalue weighted by Crippen LogP contribution is -2.29. The van der Waals surface area contributed by atoms with Crippen molar-refractivity contribution in [3.8, 4) is 0 Å². The molecule has 0 bridgehead atoms. The van der Waals surface area contributed by atoms with Gasteiger partial charge in [-0.1, -0.05) is 97.3 Å². The van der Waals surface area contributed by atoms with Crippen LogP contribution in [0.15, 0.2) is 0 Å². The van der Waals surface area contributed by atoms with Crippen LogP contribution in [0.1, 0.15) is 136 Å². The van der Waals surface area contributed by atoms with E-state index in [1.54, 1.807) is 6.92 Å². The number of carbonyl (C=O) groups is 3. The van der Waals surface area contributed by atoms with Gasteiger partial charge >= 0.3 is 19.8 Å². The molecular formula is C28H53O9P. The lowest BCUT2D eigenvalue weighted by atomic mass is 10.0. The second-order valence-corrected chi connectivity index (χ2v) is 11.3. The fraction of sp³-hybridized carbons (Fsp3) is 0.893. The molecule has 10 heteroatoms. The van der Waals surface area contributed by atoms with Crippen LogP contribution < -0.4 is 0 Å². The number of hydrogen-bond donors (Lipinski definition) is 1. The number of aldehydes is 1. The van der Waals surface area contributed by atoms with E-state index in [0.717, 1.165) is 19.3 Å². The third-order valence-electron chi connectivity index (χ3n) is 6.05. The van der Waals surface area contributed by atoms with E-state index in [2.05, 4.69) is 6.92 Å². The van der Waals surface area contributed by atoms with E-state index >= 15 is 0 Å². The van der Waals surface area contributed by atoms with Crippen LogP contribution in [0.2, 0.25) is 0 Å². The molecule has 0 aromatic carbocycles. The molecule has 0 radical (unpaired) electrons. The van der Waals surface area contributed by atoms with Gasteiger partial charge in [-0.15, -0.1) is 0 Å². The summed E-state index contributed by atoms with van der Waals surface area (Å²) in [6.07, 6.45) is 18.2. The topological polar surface area (TPSA) is 125 Å². The Morgan fingerprint density at radius 1 is 0.711 bits per heavy atom. The fourth-order valence-corrected chi connectivity index (χ4v) is 4.68. The maximum absolute atomic E-state index is 12.1. The summed E-state index contributed by atoms with van der Waals surface area (Å²) in [6.45, 7) is 3.32. The van der Waals surface area contributed by atoms with Crippen molar-refractivity contribution in [2.75, 3.05) is 19.8 Å². The van der Waals surface area contributed by atoms with Gasteiger partial charge < -0.3 is 19.2 Å². The molecule has 2 unspecified atom stereocenters. The molecule has 0 saturated heterocycles. The van der Waals surface area contributed by atoms with Crippen LogP contribution in [0.3, 0.4) is 0 Å². The Morgan fingerprint density at radius 3 is 1.76 bits per heavy atom. The SMILES string of the molecule is CCCCCCCCCCCCCCCCC(=O)OCC(COP(=O)(O)OCCC)OC(=O)CCCC=O. The van der Waals surface area contributed by atoms with Crippen molar-refractivity contribution >= 4 is 26.0 Å². The van der Waals surface area contributed by atoms with Gasteiger partial charge in [0.1, 0.15) is 12.9 Å². The van der Waals surface area contributed by atoms with E-state index in [9.17, 15) is 23.8 Å². The smallest absolute Gasteiger partial charge is 0.462 e. The Morgan fingerprint density at radius 2 is 1.24 bits per heavy atom. The number of unbranched alkanes of at least 4 members (excludes halogenated alkanes) is 14. The summed E-state index contributed by atoms with van der Waals surface area (Å²) in [4.78, 5) is 44.2. The minimum absolute atomic E-state index is 0.00531. The zero-order chi connectivity index (χ0) is 28.3. The third kappa shape index (κ3) is 25.0. The molecule has 0 aliphatic heterocycles. The summed E-state index contributed by atoms with van der Waals surface area (Å²) in [5, 5.41) is 0. The van der Waals surface area contributed by atoms with E-state index in [4.69, 9.17) is 18.5 Å². The molecule has 0 rings (SSSR count). The monoisotopic (exact) mass is 564 g/mol. The first-order chi connectivity index (χ1) is 18.3. The highest BCUT2D eigenvalue weighted by atomic mass is 31.2. The van der Waals surface area contributed by atoms with Crippen LogP contribution in [-0.4, -0.2) is 49.0 Å². The van der Waals surface area contributed by atoms with Crippen molar-refractivity contribution in [1.29, 1.82) is 0 Å². The predicted octanol–water partition coefficient (Wildman–Crippen LogP) is 7.23. The maximum atomic E-state index is 12.1. The van der Waals surface area contributed by atoms with E-state index < -0.39 is 32.5 Å². The Balaban J connectivity index is 4.07. The van der Waals surface area contributed by atoms with Crippen molar-refractivity contribution in [3.63, 3.8) is 0 Å². The largest absolute Gasteiger partial charge is 0.472 e. The molecule has 38 heavy (non-hydrogen) atoms. The first kappa shape index (κ1) is 36.7. The van der Waals surface area contributed by atoms with E-state index in [-0.39, 0.29) is 32.5 Å². The number of hydrogen-bond acceptors (Lipinski definition) is 8. The van der Waals surface area contributed by atoms with E-state index in [1.165, 1.54) is 70.6 Å². The average Bonchev–Trinajstić information content (AvgIpc) is 2.89. The van der Waals surface area contributed by atoms with Gasteiger partial charge in [0.25, 0.3) is 0 Å². The molecule has 1 N–H and O–H groups in total. The third-order valence-corrected chi connectivity index (χ3v) is 7.03. The Bertz CT molecular complexity index is 642. The Kier molecular flexibility index (Phi) is 25.1. The zero-order valence-electron chi connectivity index (χ0n) is 23.9. The van der Waals surface area contributed by atoms with Crippen LogP contribution in [0.4, 0.5) is 0 Å². The lowest BCUT2D eigenvalue weighted by molar-refractivity contribution is -0.161. The van der Waals surface area contributed by atoms with Gasteiger partial charge in [-0.05, 0) is 19.3 Å². The van der Waals surface area contributed by atoms with Crippen molar-refractivity contribution in [2.24, 2.45) is 0 Å². The second-order valence-electron chi connectivity index (χ2n) is 9.80. The van der Waals surface area contributed by atoms with Crippen molar-refractivity contribution < 1.29 is 42.4 Å². The van der Waals surface area contributed by atoms with Crippen LogP contribution >= 0.6 is 7.82 Å². The van der Waals surface area contributed by atoms with Crippen molar-refractivity contribution in [3.05, 3.63) is 0 Å². The minimum atomic E-state index is -4.30. The van der Waals surface area contributed by atoms with E-state index in [1.807, 2.05) is 0 Å². The van der Waals surface area contributed by atoms with Crippen molar-refractivity contribution in [2.45, 2.75) is 142 Å². The molecule has 0 aromatic rings. The molecule has 0 amide bonds. The summed E-state index contributed by atoms with van der Waals surface area (Å²) in [5.74, 6) is -1.02. The maximum Gasteiger partial charge on any atom is 0.472 e. The summed E-state index contributed by atoms with van der Waals surface area (Å²) >= 11 is 0. The highest BCUT2D eigenvalue weighted by Gasteiger charge is 2.25. The van der Waals surface area contributed by atoms with Gasteiger partial charge in [0.2, 0.25) is 0 Å². The van der Waals surface area contributed by atoms with Crippen LogP contribution in [0.5, 0.6) is 0 Å². The van der Waals surface area contributed by atoms with Gasteiger partial charge in [0.15, 0.2) is 6.10 Å². The summed E-state index contributed by atoms with van der Waals surface area (Å²) in [5.41, 5.74) is 0. The molecular weight excluding hydrogens is 511 g/mol. The number of esters is 2. The average molecular weight is 565 g/mol. The highest BCUT2D eigenvalue weighted by molar-refractivity contribution is 7.47. The van der Waals surface area contributed by atoms with Crippen LogP contribution in [-0.2, 0) is 37.5 Å². The normalized spacial score (nSPS) is 13.6. The van der Waals surface area contributed by atoms with Gasteiger partial charge in [-0.2, -0.15) is 0 Å². The molecule has 0 spiro atoms. The van der Waals surface area contributed by atoms with Gasteiger partial charge in [-0.3, -0.25) is 18.6 Å². The lowest BCUT2D eigenvalue weighted by Gasteiger charge is -2.19. The number of phosphoric ester groups is 1. The predicted molar refractivity (Wildman–Crippen MR) is 148 cm³/mol. The number of rotatable bonds is 28. The summed E-state index contributed by atoms with van der Waals surface area (Å²) in [6, 6.07) is 0. The quantitative estimate of drug-likeness (QED) is 0.0453.